The zero-order valence-corrected chi connectivity index (χ0v) is 7.95. The molecule has 0 radical (unpaired) electrons. The van der Waals surface area contributed by atoms with E-state index < -0.39 is 0 Å². The standard InChI is InChI=1S/C12H12O2/c13-10-6-7-12(14)11(8-10)9-4-2-1-3-5-9/h4,6-8H,1-3,5H2. The van der Waals surface area contributed by atoms with Crippen LogP contribution in [-0.4, -0.2) is 11.6 Å². The molecule has 0 aromatic heterocycles. The van der Waals surface area contributed by atoms with E-state index in [1.54, 1.807) is 0 Å². The summed E-state index contributed by atoms with van der Waals surface area (Å²) in [5, 5.41) is 0. The number of allylic oxidation sites excluding steroid dienone is 6. The molecule has 0 saturated carbocycles. The predicted octanol–water partition coefficient (Wildman–Crippen LogP) is 2.12. The average Bonchev–Trinajstić information content (AvgIpc) is 2.23. The summed E-state index contributed by atoms with van der Waals surface area (Å²) < 4.78 is 0. The molecular formula is C12H12O2. The van der Waals surface area contributed by atoms with Gasteiger partial charge in [-0.1, -0.05) is 6.08 Å². The maximum atomic E-state index is 11.5. The molecule has 0 bridgehead atoms. The number of carbonyl (C=O) groups is 2. The molecule has 14 heavy (non-hydrogen) atoms. The van der Waals surface area contributed by atoms with E-state index in [1.165, 1.54) is 24.6 Å². The maximum Gasteiger partial charge on any atom is 0.186 e. The van der Waals surface area contributed by atoms with Crippen molar-refractivity contribution >= 4 is 11.6 Å². The zero-order chi connectivity index (χ0) is 9.97. The van der Waals surface area contributed by atoms with Crippen molar-refractivity contribution in [1.82, 2.24) is 0 Å². The van der Waals surface area contributed by atoms with Crippen LogP contribution in [0.5, 0.6) is 0 Å². The molecule has 0 aromatic rings. The normalized spacial score (nSPS) is 22.0. The highest BCUT2D eigenvalue weighted by Crippen LogP contribution is 2.25. The molecule has 2 nitrogen and oxygen atoms in total. The summed E-state index contributed by atoms with van der Waals surface area (Å²) in [6.07, 6.45) is 10.5. The van der Waals surface area contributed by atoms with Crippen molar-refractivity contribution in [2.24, 2.45) is 0 Å². The second-order valence-electron chi connectivity index (χ2n) is 3.63. The third kappa shape index (κ3) is 1.74. The summed E-state index contributed by atoms with van der Waals surface area (Å²) in [4.78, 5) is 22.6. The van der Waals surface area contributed by atoms with Crippen LogP contribution >= 0.6 is 0 Å². The second-order valence-corrected chi connectivity index (χ2v) is 3.63. The van der Waals surface area contributed by atoms with Gasteiger partial charge in [-0.2, -0.15) is 0 Å². The van der Waals surface area contributed by atoms with Gasteiger partial charge >= 0.3 is 0 Å². The van der Waals surface area contributed by atoms with Gasteiger partial charge in [0.2, 0.25) is 0 Å². The Morgan fingerprint density at radius 2 is 1.93 bits per heavy atom. The van der Waals surface area contributed by atoms with E-state index in [2.05, 4.69) is 6.08 Å². The largest absolute Gasteiger partial charge is 0.290 e. The van der Waals surface area contributed by atoms with Crippen LogP contribution in [0.4, 0.5) is 0 Å². The highest BCUT2D eigenvalue weighted by Gasteiger charge is 2.18. The lowest BCUT2D eigenvalue weighted by molar-refractivity contribution is -0.114. The molecule has 72 valence electrons. The Hall–Kier alpha value is -1.44. The van der Waals surface area contributed by atoms with E-state index in [-0.39, 0.29) is 11.6 Å². The molecule has 0 amide bonds. The molecular weight excluding hydrogens is 176 g/mol. The van der Waals surface area contributed by atoms with E-state index in [1.807, 2.05) is 0 Å². The summed E-state index contributed by atoms with van der Waals surface area (Å²) in [7, 11) is 0. The third-order valence-corrected chi connectivity index (χ3v) is 2.59. The Morgan fingerprint density at radius 3 is 2.64 bits per heavy atom. The first kappa shape index (κ1) is 9.13. The summed E-state index contributed by atoms with van der Waals surface area (Å²) in [5.74, 6) is -0.108. The molecule has 0 atom stereocenters. The maximum absolute atomic E-state index is 11.5. The molecule has 0 aliphatic heterocycles. The molecule has 0 heterocycles. The molecule has 2 heteroatoms. The van der Waals surface area contributed by atoms with Crippen molar-refractivity contribution in [1.29, 1.82) is 0 Å². The van der Waals surface area contributed by atoms with Gasteiger partial charge in [-0.3, -0.25) is 9.59 Å². The minimum Gasteiger partial charge on any atom is -0.290 e. The van der Waals surface area contributed by atoms with Crippen molar-refractivity contribution in [2.75, 3.05) is 0 Å². The molecule has 0 unspecified atom stereocenters. The number of hydrogen-bond acceptors (Lipinski definition) is 2. The van der Waals surface area contributed by atoms with Gasteiger partial charge in [0.15, 0.2) is 11.6 Å². The van der Waals surface area contributed by atoms with Crippen molar-refractivity contribution in [3.05, 3.63) is 35.5 Å². The molecule has 0 spiro atoms. The van der Waals surface area contributed by atoms with E-state index >= 15 is 0 Å². The van der Waals surface area contributed by atoms with Gasteiger partial charge < -0.3 is 0 Å². The summed E-state index contributed by atoms with van der Waals surface area (Å²) in [6, 6.07) is 0. The van der Waals surface area contributed by atoms with Gasteiger partial charge in [0, 0.05) is 5.57 Å². The minimum atomic E-state index is -0.0777. The van der Waals surface area contributed by atoms with Gasteiger partial charge in [0.1, 0.15) is 0 Å². The van der Waals surface area contributed by atoms with Crippen LogP contribution in [0, 0.1) is 0 Å². The number of hydrogen-bond donors (Lipinski definition) is 0. The minimum absolute atomic E-state index is 0.0299. The molecule has 0 fully saturated rings. The Kier molecular flexibility index (Phi) is 2.44. The Labute approximate surface area is 83.0 Å². The van der Waals surface area contributed by atoms with E-state index in [0.29, 0.717) is 5.57 Å². The van der Waals surface area contributed by atoms with Crippen molar-refractivity contribution < 1.29 is 9.59 Å². The van der Waals surface area contributed by atoms with E-state index in [0.717, 1.165) is 24.8 Å². The van der Waals surface area contributed by atoms with Gasteiger partial charge in [0.25, 0.3) is 0 Å². The monoisotopic (exact) mass is 188 g/mol. The predicted molar refractivity (Wildman–Crippen MR) is 53.8 cm³/mol. The molecule has 2 aliphatic rings. The van der Waals surface area contributed by atoms with Crippen LogP contribution < -0.4 is 0 Å². The number of carbonyl (C=O) groups excluding carboxylic acids is 2. The topological polar surface area (TPSA) is 34.1 Å². The van der Waals surface area contributed by atoms with Crippen LogP contribution in [0.2, 0.25) is 0 Å². The summed E-state index contributed by atoms with van der Waals surface area (Å²) >= 11 is 0. The Balaban J connectivity index is 2.28. The summed E-state index contributed by atoms with van der Waals surface area (Å²) in [6.45, 7) is 0. The molecule has 2 rings (SSSR count). The van der Waals surface area contributed by atoms with Crippen LogP contribution in [0.3, 0.4) is 0 Å². The molecule has 2 aliphatic carbocycles. The van der Waals surface area contributed by atoms with Crippen molar-refractivity contribution in [2.45, 2.75) is 25.7 Å². The third-order valence-electron chi connectivity index (χ3n) is 2.59. The highest BCUT2D eigenvalue weighted by atomic mass is 16.1. The lowest BCUT2D eigenvalue weighted by Crippen LogP contribution is -2.10. The first-order valence-corrected chi connectivity index (χ1v) is 4.95. The van der Waals surface area contributed by atoms with E-state index in [4.69, 9.17) is 0 Å². The van der Waals surface area contributed by atoms with Crippen LogP contribution in [-0.2, 0) is 9.59 Å². The Bertz CT molecular complexity index is 370. The fraction of sp³-hybridized carbons (Fsp3) is 0.333. The zero-order valence-electron chi connectivity index (χ0n) is 7.95. The lowest BCUT2D eigenvalue weighted by Gasteiger charge is -2.15. The highest BCUT2D eigenvalue weighted by molar-refractivity contribution is 6.19. The average molecular weight is 188 g/mol. The quantitative estimate of drug-likeness (QED) is 0.591. The SMILES string of the molecule is O=C1C=CC(=O)C(C2=CCCCC2)=C1. The van der Waals surface area contributed by atoms with Crippen molar-refractivity contribution in [3.8, 4) is 0 Å². The van der Waals surface area contributed by atoms with Gasteiger partial charge in [0.05, 0.1) is 0 Å². The number of rotatable bonds is 1. The van der Waals surface area contributed by atoms with Crippen LogP contribution in [0.15, 0.2) is 35.5 Å². The van der Waals surface area contributed by atoms with Crippen LogP contribution in [0.25, 0.3) is 0 Å². The first-order chi connectivity index (χ1) is 6.77. The van der Waals surface area contributed by atoms with Crippen LogP contribution in [0.1, 0.15) is 25.7 Å². The smallest absolute Gasteiger partial charge is 0.186 e. The van der Waals surface area contributed by atoms with Crippen molar-refractivity contribution in [3.63, 3.8) is 0 Å². The van der Waals surface area contributed by atoms with Gasteiger partial charge in [-0.25, -0.2) is 0 Å². The summed E-state index contributed by atoms with van der Waals surface area (Å²) in [5.41, 5.74) is 1.66. The van der Waals surface area contributed by atoms with Gasteiger partial charge in [-0.05, 0) is 49.5 Å². The first-order valence-electron chi connectivity index (χ1n) is 4.95. The number of ketones is 2. The molecule has 0 N–H and O–H groups in total. The second kappa shape index (κ2) is 3.74. The molecule has 0 saturated heterocycles. The lowest BCUT2D eigenvalue weighted by atomic mass is 9.89. The van der Waals surface area contributed by atoms with Gasteiger partial charge in [-0.15, -0.1) is 0 Å². The Morgan fingerprint density at radius 1 is 1.07 bits per heavy atom. The van der Waals surface area contributed by atoms with E-state index in [9.17, 15) is 9.59 Å². The fourth-order valence-electron chi connectivity index (χ4n) is 1.84. The fourth-order valence-corrected chi connectivity index (χ4v) is 1.84. The molecule has 0 aromatic carbocycles.